The van der Waals surface area contributed by atoms with Crippen molar-refractivity contribution < 1.29 is 9.18 Å². The van der Waals surface area contributed by atoms with Gasteiger partial charge in [-0.1, -0.05) is 6.07 Å². The smallest absolute Gasteiger partial charge is 0.256 e. The van der Waals surface area contributed by atoms with E-state index in [1.165, 1.54) is 17.1 Å². The fraction of sp³-hybridized carbons (Fsp3) is 0.286. The third-order valence-corrected chi connectivity index (χ3v) is 3.96. The molecule has 5 heteroatoms. The first-order valence-corrected chi connectivity index (χ1v) is 6.86. The van der Waals surface area contributed by atoms with Crippen LogP contribution in [0.1, 0.15) is 22.2 Å². The van der Waals surface area contributed by atoms with Gasteiger partial charge in [0.05, 0.1) is 11.8 Å². The van der Waals surface area contributed by atoms with E-state index in [-0.39, 0.29) is 17.5 Å². The van der Waals surface area contributed by atoms with Crippen LogP contribution < -0.4 is 0 Å². The van der Waals surface area contributed by atoms with Crippen LogP contribution >= 0.6 is 11.3 Å². The number of hydrogen-bond donors (Lipinski definition) is 0. The minimum atomic E-state index is -0.581. The zero-order valence-corrected chi connectivity index (χ0v) is 11.7. The van der Waals surface area contributed by atoms with E-state index < -0.39 is 5.82 Å². The number of rotatable bonds is 4. The van der Waals surface area contributed by atoms with Crippen molar-refractivity contribution in [3.63, 3.8) is 0 Å². The monoisotopic (exact) mass is 278 g/mol. The lowest BCUT2D eigenvalue weighted by Crippen LogP contribution is -2.36. The molecule has 0 aliphatic carbocycles. The van der Waals surface area contributed by atoms with Gasteiger partial charge in [0, 0.05) is 30.6 Å². The summed E-state index contributed by atoms with van der Waals surface area (Å²) < 4.78 is 13.5. The zero-order valence-electron chi connectivity index (χ0n) is 10.8. The number of nitrogens with zero attached hydrogens (tertiary/aromatic N) is 2. The molecular formula is C14H15FN2OS. The molecule has 19 heavy (non-hydrogen) atoms. The van der Waals surface area contributed by atoms with Crippen molar-refractivity contribution in [1.29, 1.82) is 0 Å². The molecule has 0 aliphatic heterocycles. The molecular weight excluding hydrogens is 263 g/mol. The Hall–Kier alpha value is -1.75. The van der Waals surface area contributed by atoms with E-state index in [4.69, 9.17) is 0 Å². The number of halogens is 1. The molecule has 0 saturated carbocycles. The molecule has 2 rings (SSSR count). The second-order valence-corrected chi connectivity index (χ2v) is 5.44. The molecule has 2 aromatic rings. The summed E-state index contributed by atoms with van der Waals surface area (Å²) in [5.74, 6) is -0.897. The largest absolute Gasteiger partial charge is 0.339 e. The third-order valence-electron chi connectivity index (χ3n) is 3.06. The van der Waals surface area contributed by atoms with Crippen LogP contribution in [0.3, 0.4) is 0 Å². The summed E-state index contributed by atoms with van der Waals surface area (Å²) in [4.78, 5) is 18.6. The normalized spacial score (nSPS) is 12.2. The van der Waals surface area contributed by atoms with E-state index >= 15 is 0 Å². The minimum absolute atomic E-state index is 0.0127. The summed E-state index contributed by atoms with van der Waals surface area (Å²) in [5, 5.41) is 2.01. The van der Waals surface area contributed by atoms with Gasteiger partial charge < -0.3 is 4.90 Å². The number of aromatic nitrogens is 1. The maximum atomic E-state index is 13.5. The average molecular weight is 278 g/mol. The van der Waals surface area contributed by atoms with Crippen molar-refractivity contribution in [2.75, 3.05) is 7.05 Å². The number of carbonyl (C=O) groups is 1. The summed E-state index contributed by atoms with van der Waals surface area (Å²) in [6, 6.07) is 5.44. The van der Waals surface area contributed by atoms with E-state index in [1.807, 2.05) is 24.4 Å². The number of hydrogen-bond acceptors (Lipinski definition) is 3. The lowest BCUT2D eigenvalue weighted by molar-refractivity contribution is 0.0739. The van der Waals surface area contributed by atoms with Gasteiger partial charge in [0.15, 0.2) is 5.82 Å². The molecule has 0 saturated heterocycles. The highest BCUT2D eigenvalue weighted by Crippen LogP contribution is 2.16. The second-order valence-electron chi connectivity index (χ2n) is 4.40. The van der Waals surface area contributed by atoms with E-state index in [1.54, 1.807) is 23.3 Å². The fourth-order valence-electron chi connectivity index (χ4n) is 1.80. The summed E-state index contributed by atoms with van der Waals surface area (Å²) in [6.45, 7) is 1.96. The third kappa shape index (κ3) is 3.17. The summed E-state index contributed by atoms with van der Waals surface area (Å²) in [7, 11) is 1.69. The molecule has 100 valence electrons. The summed E-state index contributed by atoms with van der Waals surface area (Å²) in [6.07, 6.45) is 3.26. The SMILES string of the molecule is CC(Cc1cccs1)N(C)C(=O)c1ccncc1F. The Morgan fingerprint density at radius 1 is 1.53 bits per heavy atom. The van der Waals surface area contributed by atoms with E-state index in [0.29, 0.717) is 0 Å². The molecule has 1 amide bonds. The first-order chi connectivity index (χ1) is 9.09. The van der Waals surface area contributed by atoms with E-state index in [9.17, 15) is 9.18 Å². The molecule has 2 heterocycles. The Bertz CT molecular complexity index is 556. The molecule has 0 bridgehead atoms. The van der Waals surface area contributed by atoms with Gasteiger partial charge in [-0.2, -0.15) is 0 Å². The molecule has 0 aromatic carbocycles. The van der Waals surface area contributed by atoms with Crippen LogP contribution in [0.25, 0.3) is 0 Å². The summed E-state index contributed by atoms with van der Waals surface area (Å²) in [5.41, 5.74) is 0.0653. The van der Waals surface area contributed by atoms with Crippen LogP contribution in [0.4, 0.5) is 4.39 Å². The standard InChI is InChI=1S/C14H15FN2OS/c1-10(8-11-4-3-7-19-11)17(2)14(18)12-5-6-16-9-13(12)15/h3-7,9-10H,8H2,1-2H3. The van der Waals surface area contributed by atoms with Crippen molar-refractivity contribution >= 4 is 17.2 Å². The molecule has 0 radical (unpaired) electrons. The van der Waals surface area contributed by atoms with Crippen LogP contribution in [-0.4, -0.2) is 28.9 Å². The van der Waals surface area contributed by atoms with Gasteiger partial charge in [-0.05, 0) is 24.4 Å². The van der Waals surface area contributed by atoms with Crippen LogP contribution in [-0.2, 0) is 6.42 Å². The maximum Gasteiger partial charge on any atom is 0.256 e. The average Bonchev–Trinajstić information content (AvgIpc) is 2.90. The number of thiophene rings is 1. The Kier molecular flexibility index (Phi) is 4.27. The molecule has 2 aromatic heterocycles. The minimum Gasteiger partial charge on any atom is -0.339 e. The van der Waals surface area contributed by atoms with Crippen molar-refractivity contribution in [2.24, 2.45) is 0 Å². The van der Waals surface area contributed by atoms with Crippen LogP contribution in [0.5, 0.6) is 0 Å². The topological polar surface area (TPSA) is 33.2 Å². The number of carbonyl (C=O) groups excluding carboxylic acids is 1. The number of likely N-dealkylation sites (N-methyl/N-ethyl adjacent to an activating group) is 1. The maximum absolute atomic E-state index is 13.5. The van der Waals surface area contributed by atoms with Gasteiger partial charge in [0.25, 0.3) is 5.91 Å². The van der Waals surface area contributed by atoms with Crippen LogP contribution in [0, 0.1) is 5.82 Å². The Labute approximate surface area is 115 Å². The van der Waals surface area contributed by atoms with Crippen molar-refractivity contribution in [3.05, 3.63) is 52.2 Å². The van der Waals surface area contributed by atoms with Gasteiger partial charge in [-0.25, -0.2) is 4.39 Å². The molecule has 0 fully saturated rings. The number of pyridine rings is 1. The predicted octanol–water partition coefficient (Wildman–Crippen LogP) is 2.99. The van der Waals surface area contributed by atoms with Crippen molar-refractivity contribution in [1.82, 2.24) is 9.88 Å². The number of amides is 1. The first-order valence-electron chi connectivity index (χ1n) is 5.98. The highest BCUT2D eigenvalue weighted by atomic mass is 32.1. The zero-order chi connectivity index (χ0) is 13.8. The molecule has 1 atom stereocenters. The van der Waals surface area contributed by atoms with Crippen molar-refractivity contribution in [3.8, 4) is 0 Å². The molecule has 3 nitrogen and oxygen atoms in total. The first kappa shape index (κ1) is 13.7. The van der Waals surface area contributed by atoms with Gasteiger partial charge in [0.2, 0.25) is 0 Å². The summed E-state index contributed by atoms with van der Waals surface area (Å²) >= 11 is 1.66. The van der Waals surface area contributed by atoms with Gasteiger partial charge >= 0.3 is 0 Å². The molecule has 0 aliphatic rings. The lowest BCUT2D eigenvalue weighted by Gasteiger charge is -2.24. The molecule has 0 spiro atoms. The molecule has 0 N–H and O–H groups in total. The van der Waals surface area contributed by atoms with Crippen molar-refractivity contribution in [2.45, 2.75) is 19.4 Å². The fourth-order valence-corrected chi connectivity index (χ4v) is 2.62. The predicted molar refractivity (Wildman–Crippen MR) is 73.8 cm³/mol. The Morgan fingerprint density at radius 3 is 2.95 bits per heavy atom. The Morgan fingerprint density at radius 2 is 2.32 bits per heavy atom. The quantitative estimate of drug-likeness (QED) is 0.861. The van der Waals surface area contributed by atoms with Gasteiger partial charge in [-0.3, -0.25) is 9.78 Å². The highest BCUT2D eigenvalue weighted by Gasteiger charge is 2.20. The Balaban J connectivity index is 2.09. The second kappa shape index (κ2) is 5.93. The molecule has 1 unspecified atom stereocenters. The van der Waals surface area contributed by atoms with E-state index in [0.717, 1.165) is 12.6 Å². The van der Waals surface area contributed by atoms with E-state index in [2.05, 4.69) is 4.98 Å². The van der Waals surface area contributed by atoms with Crippen LogP contribution in [0.15, 0.2) is 36.0 Å². The lowest BCUT2D eigenvalue weighted by atomic mass is 10.1. The highest BCUT2D eigenvalue weighted by molar-refractivity contribution is 7.09. The van der Waals surface area contributed by atoms with Gasteiger partial charge in [-0.15, -0.1) is 11.3 Å². The van der Waals surface area contributed by atoms with Gasteiger partial charge in [0.1, 0.15) is 0 Å². The van der Waals surface area contributed by atoms with Crippen LogP contribution in [0.2, 0.25) is 0 Å².